The Morgan fingerprint density at radius 3 is 1.57 bits per heavy atom. The van der Waals surface area contributed by atoms with Crippen LogP contribution in [0.25, 0.3) is 76.1 Å². The standard InChI is InChI=1S/C46H28S3/c1-2-10-29(11-3-1)33-27-45(47-28-33)32-19-21-34(40(25-32)31-20-23-44-46(26-31)49-43-17-9-8-16-42(43)48-44)30-18-22-39-37-14-5-4-12-35(37)36-13-6-7-15-38(36)41(39)24-30/h1-28H. The molecule has 8 aromatic carbocycles. The Hall–Kier alpha value is -5.06. The molecule has 2 heterocycles. The molecule has 0 unspecified atom stereocenters. The Balaban J connectivity index is 1.16. The fraction of sp³-hybridized carbons (Fsp3) is 0. The summed E-state index contributed by atoms with van der Waals surface area (Å²) in [7, 11) is 0. The molecule has 230 valence electrons. The van der Waals surface area contributed by atoms with E-state index in [1.54, 1.807) is 0 Å². The molecule has 49 heavy (non-hydrogen) atoms. The number of hydrogen-bond donors (Lipinski definition) is 0. The predicted octanol–water partition coefficient (Wildman–Crippen LogP) is 14.5. The Morgan fingerprint density at radius 1 is 0.286 bits per heavy atom. The summed E-state index contributed by atoms with van der Waals surface area (Å²) in [6, 6.07) is 60.6. The molecule has 0 bridgehead atoms. The number of fused-ring (bicyclic) bond motifs is 8. The van der Waals surface area contributed by atoms with Crippen molar-refractivity contribution in [3.8, 4) is 43.8 Å². The second-order valence-electron chi connectivity index (χ2n) is 12.5. The van der Waals surface area contributed by atoms with Crippen LogP contribution in [0.15, 0.2) is 189 Å². The minimum atomic E-state index is 1.23. The van der Waals surface area contributed by atoms with Crippen LogP contribution in [0, 0.1) is 0 Å². The van der Waals surface area contributed by atoms with Crippen LogP contribution in [-0.2, 0) is 0 Å². The third-order valence-corrected chi connectivity index (χ3v) is 13.1. The maximum atomic E-state index is 2.42. The summed E-state index contributed by atoms with van der Waals surface area (Å²) in [6.45, 7) is 0. The summed E-state index contributed by atoms with van der Waals surface area (Å²) in [5, 5.41) is 10.1. The minimum Gasteiger partial charge on any atom is -0.143 e. The number of benzene rings is 8. The third kappa shape index (κ3) is 5.00. The SMILES string of the molecule is c1ccc(-c2csc(-c3ccc(-c4ccc5c6ccccc6c6ccccc6c5c4)c(-c4ccc5c(c4)Sc4ccccc4S5)c3)c2)cc1. The third-order valence-electron chi connectivity index (χ3n) is 9.61. The molecule has 9 aromatic rings. The molecule has 0 amide bonds. The highest BCUT2D eigenvalue weighted by atomic mass is 32.2. The quantitative estimate of drug-likeness (QED) is 0.170. The lowest BCUT2D eigenvalue weighted by molar-refractivity contribution is 1.16. The normalized spacial score (nSPS) is 12.3. The largest absolute Gasteiger partial charge is 0.143 e. The molecule has 0 N–H and O–H groups in total. The van der Waals surface area contributed by atoms with Gasteiger partial charge in [-0.1, -0.05) is 145 Å². The molecule has 0 spiro atoms. The molecule has 1 aliphatic heterocycles. The maximum Gasteiger partial charge on any atom is 0.0349 e. The predicted molar refractivity (Wildman–Crippen MR) is 213 cm³/mol. The van der Waals surface area contributed by atoms with Crippen LogP contribution < -0.4 is 0 Å². The van der Waals surface area contributed by atoms with Crippen LogP contribution in [-0.4, -0.2) is 0 Å². The van der Waals surface area contributed by atoms with Crippen molar-refractivity contribution in [1.29, 1.82) is 0 Å². The molecule has 0 radical (unpaired) electrons. The smallest absolute Gasteiger partial charge is 0.0349 e. The first kappa shape index (κ1) is 28.9. The van der Waals surface area contributed by atoms with Crippen LogP contribution >= 0.6 is 34.9 Å². The highest BCUT2D eigenvalue weighted by Gasteiger charge is 2.19. The van der Waals surface area contributed by atoms with Crippen LogP contribution in [0.4, 0.5) is 0 Å². The molecule has 1 aliphatic rings. The molecule has 3 heteroatoms. The van der Waals surface area contributed by atoms with E-state index in [1.165, 1.54) is 95.7 Å². The van der Waals surface area contributed by atoms with Gasteiger partial charge in [-0.3, -0.25) is 0 Å². The van der Waals surface area contributed by atoms with E-state index in [0.29, 0.717) is 0 Å². The average Bonchev–Trinajstić information content (AvgIpc) is 3.68. The zero-order valence-electron chi connectivity index (χ0n) is 26.4. The van der Waals surface area contributed by atoms with Crippen LogP contribution in [0.5, 0.6) is 0 Å². The molecule has 0 saturated heterocycles. The fourth-order valence-corrected chi connectivity index (χ4v) is 10.4. The van der Waals surface area contributed by atoms with Crippen LogP contribution in [0.1, 0.15) is 0 Å². The van der Waals surface area contributed by atoms with Gasteiger partial charge in [0.25, 0.3) is 0 Å². The first-order valence-electron chi connectivity index (χ1n) is 16.5. The van der Waals surface area contributed by atoms with Crippen LogP contribution in [0.2, 0.25) is 0 Å². The zero-order valence-corrected chi connectivity index (χ0v) is 28.8. The van der Waals surface area contributed by atoms with Crippen molar-refractivity contribution in [2.45, 2.75) is 19.6 Å². The molecular weight excluding hydrogens is 649 g/mol. The van der Waals surface area contributed by atoms with E-state index in [-0.39, 0.29) is 0 Å². The number of thiophene rings is 1. The van der Waals surface area contributed by atoms with E-state index in [9.17, 15) is 0 Å². The number of hydrogen-bond acceptors (Lipinski definition) is 3. The van der Waals surface area contributed by atoms with Gasteiger partial charge < -0.3 is 0 Å². The van der Waals surface area contributed by atoms with E-state index < -0.39 is 0 Å². The van der Waals surface area contributed by atoms with Crippen LogP contribution in [0.3, 0.4) is 0 Å². The van der Waals surface area contributed by atoms with E-state index >= 15 is 0 Å². The topological polar surface area (TPSA) is 0 Å². The maximum absolute atomic E-state index is 2.42. The van der Waals surface area contributed by atoms with Gasteiger partial charge in [0.1, 0.15) is 0 Å². The second kappa shape index (κ2) is 11.8. The fourth-order valence-electron chi connectivity index (χ4n) is 7.23. The number of rotatable bonds is 4. The van der Waals surface area contributed by atoms with Crippen molar-refractivity contribution in [3.05, 3.63) is 169 Å². The van der Waals surface area contributed by atoms with Gasteiger partial charge >= 0.3 is 0 Å². The Bertz CT molecular complexity index is 2680. The average molecular weight is 677 g/mol. The summed E-state index contributed by atoms with van der Waals surface area (Å²) in [5.41, 5.74) is 8.73. The zero-order chi connectivity index (χ0) is 32.3. The summed E-state index contributed by atoms with van der Waals surface area (Å²) < 4.78 is 0. The van der Waals surface area contributed by atoms with Gasteiger partial charge in [0.05, 0.1) is 0 Å². The molecular formula is C46H28S3. The highest BCUT2D eigenvalue weighted by molar-refractivity contribution is 8.05. The van der Waals surface area contributed by atoms with Gasteiger partial charge in [-0.25, -0.2) is 0 Å². The summed E-state index contributed by atoms with van der Waals surface area (Å²) in [6.07, 6.45) is 0. The lowest BCUT2D eigenvalue weighted by atomic mass is 9.89. The van der Waals surface area contributed by atoms with Crippen molar-refractivity contribution in [1.82, 2.24) is 0 Å². The first-order valence-corrected chi connectivity index (χ1v) is 19.0. The highest BCUT2D eigenvalue weighted by Crippen LogP contribution is 2.50. The first-order chi connectivity index (χ1) is 24.3. The molecule has 0 atom stereocenters. The van der Waals surface area contributed by atoms with Crippen molar-refractivity contribution in [3.63, 3.8) is 0 Å². The Labute approximate surface area is 298 Å². The van der Waals surface area contributed by atoms with Gasteiger partial charge in [-0.2, -0.15) is 0 Å². The van der Waals surface area contributed by atoms with Crippen molar-refractivity contribution in [2.75, 3.05) is 0 Å². The summed E-state index contributed by atoms with van der Waals surface area (Å²) in [5.74, 6) is 0. The van der Waals surface area contributed by atoms with E-state index in [2.05, 4.69) is 169 Å². The molecule has 0 saturated carbocycles. The van der Waals surface area contributed by atoms with E-state index in [0.717, 1.165) is 0 Å². The summed E-state index contributed by atoms with van der Waals surface area (Å²) in [4.78, 5) is 6.57. The van der Waals surface area contributed by atoms with Gasteiger partial charge in [-0.05, 0) is 119 Å². The monoisotopic (exact) mass is 676 g/mol. The van der Waals surface area contributed by atoms with Crippen molar-refractivity contribution >= 4 is 67.2 Å². The van der Waals surface area contributed by atoms with Gasteiger partial charge in [0, 0.05) is 24.5 Å². The van der Waals surface area contributed by atoms with Gasteiger partial charge in [0.2, 0.25) is 0 Å². The van der Waals surface area contributed by atoms with Gasteiger partial charge in [0.15, 0.2) is 0 Å². The lowest BCUT2D eigenvalue weighted by Crippen LogP contribution is -1.92. The molecule has 1 aromatic heterocycles. The Morgan fingerprint density at radius 2 is 0.837 bits per heavy atom. The molecule has 0 fully saturated rings. The van der Waals surface area contributed by atoms with Crippen molar-refractivity contribution in [2.24, 2.45) is 0 Å². The molecule has 0 nitrogen and oxygen atoms in total. The summed E-state index contributed by atoms with van der Waals surface area (Å²) >= 11 is 5.57. The minimum absolute atomic E-state index is 1.23. The molecule has 0 aliphatic carbocycles. The molecule has 10 rings (SSSR count). The lowest BCUT2D eigenvalue weighted by Gasteiger charge is -2.20. The Kier molecular flexibility index (Phi) is 6.97. The van der Waals surface area contributed by atoms with Crippen molar-refractivity contribution < 1.29 is 0 Å². The van der Waals surface area contributed by atoms with E-state index in [4.69, 9.17) is 0 Å². The van der Waals surface area contributed by atoms with E-state index in [1.807, 2.05) is 34.9 Å². The van der Waals surface area contributed by atoms with Gasteiger partial charge in [-0.15, -0.1) is 11.3 Å². The second-order valence-corrected chi connectivity index (χ2v) is 15.6.